The van der Waals surface area contributed by atoms with Crippen molar-refractivity contribution in [2.24, 2.45) is 0 Å². The SMILES string of the molecule is CCCNCc1cc(C)nc(N(C)CC2CCCN2C)c1. The monoisotopic (exact) mass is 290 g/mol. The number of nitrogens with zero attached hydrogens (tertiary/aromatic N) is 3. The highest BCUT2D eigenvalue weighted by Crippen LogP contribution is 2.19. The molecule has 2 rings (SSSR count). The number of pyridine rings is 1. The molecule has 21 heavy (non-hydrogen) atoms. The second-order valence-corrected chi connectivity index (χ2v) is 6.31. The maximum Gasteiger partial charge on any atom is 0.128 e. The van der Waals surface area contributed by atoms with Crippen molar-refractivity contribution in [2.75, 3.05) is 38.6 Å². The molecule has 1 aliphatic rings. The fourth-order valence-electron chi connectivity index (χ4n) is 3.05. The van der Waals surface area contributed by atoms with Crippen LogP contribution >= 0.6 is 0 Å². The first-order chi connectivity index (χ1) is 10.1. The Hall–Kier alpha value is -1.13. The fraction of sp³-hybridized carbons (Fsp3) is 0.706. The van der Waals surface area contributed by atoms with Gasteiger partial charge in [-0.3, -0.25) is 0 Å². The number of rotatable bonds is 7. The number of nitrogens with one attached hydrogen (secondary N) is 1. The molecule has 2 heterocycles. The Bertz CT molecular complexity index is 446. The highest BCUT2D eigenvalue weighted by molar-refractivity contribution is 5.42. The van der Waals surface area contributed by atoms with Crippen molar-refractivity contribution in [3.63, 3.8) is 0 Å². The van der Waals surface area contributed by atoms with Crippen molar-refractivity contribution >= 4 is 5.82 Å². The van der Waals surface area contributed by atoms with Gasteiger partial charge in [0.2, 0.25) is 0 Å². The van der Waals surface area contributed by atoms with Crippen LogP contribution in [0.4, 0.5) is 5.82 Å². The molecule has 1 saturated heterocycles. The van der Waals surface area contributed by atoms with Gasteiger partial charge in [-0.05, 0) is 64.0 Å². The summed E-state index contributed by atoms with van der Waals surface area (Å²) < 4.78 is 0. The van der Waals surface area contributed by atoms with Crippen LogP contribution in [-0.2, 0) is 6.54 Å². The molecular weight excluding hydrogens is 260 g/mol. The summed E-state index contributed by atoms with van der Waals surface area (Å²) in [6.07, 6.45) is 3.80. The van der Waals surface area contributed by atoms with Crippen molar-refractivity contribution in [2.45, 2.75) is 45.7 Å². The third-order valence-corrected chi connectivity index (χ3v) is 4.30. The first-order valence-corrected chi connectivity index (χ1v) is 8.19. The second-order valence-electron chi connectivity index (χ2n) is 6.31. The molecule has 1 unspecified atom stereocenters. The van der Waals surface area contributed by atoms with E-state index in [1.165, 1.54) is 31.4 Å². The van der Waals surface area contributed by atoms with Crippen molar-refractivity contribution in [3.05, 3.63) is 23.4 Å². The van der Waals surface area contributed by atoms with Crippen LogP contribution in [0.2, 0.25) is 0 Å². The van der Waals surface area contributed by atoms with E-state index in [0.29, 0.717) is 6.04 Å². The highest BCUT2D eigenvalue weighted by Gasteiger charge is 2.22. The molecule has 0 radical (unpaired) electrons. The van der Waals surface area contributed by atoms with Crippen LogP contribution in [0.25, 0.3) is 0 Å². The van der Waals surface area contributed by atoms with Crippen molar-refractivity contribution in [3.8, 4) is 0 Å². The summed E-state index contributed by atoms with van der Waals surface area (Å²) in [6, 6.07) is 5.07. The van der Waals surface area contributed by atoms with Gasteiger partial charge in [0.25, 0.3) is 0 Å². The van der Waals surface area contributed by atoms with E-state index in [1.807, 2.05) is 0 Å². The van der Waals surface area contributed by atoms with Gasteiger partial charge in [0.1, 0.15) is 5.82 Å². The molecule has 0 spiro atoms. The molecule has 1 N–H and O–H groups in total. The minimum Gasteiger partial charge on any atom is -0.358 e. The van der Waals surface area contributed by atoms with Gasteiger partial charge >= 0.3 is 0 Å². The normalized spacial score (nSPS) is 19.1. The van der Waals surface area contributed by atoms with Crippen LogP contribution in [0.15, 0.2) is 12.1 Å². The molecule has 1 fully saturated rings. The Balaban J connectivity index is 2.00. The molecule has 0 amide bonds. The molecule has 0 bridgehead atoms. The summed E-state index contributed by atoms with van der Waals surface area (Å²) >= 11 is 0. The number of hydrogen-bond donors (Lipinski definition) is 1. The Morgan fingerprint density at radius 1 is 1.43 bits per heavy atom. The molecule has 1 atom stereocenters. The van der Waals surface area contributed by atoms with Crippen LogP contribution in [0.1, 0.15) is 37.4 Å². The highest BCUT2D eigenvalue weighted by atomic mass is 15.2. The number of hydrogen-bond acceptors (Lipinski definition) is 4. The molecule has 4 heteroatoms. The maximum atomic E-state index is 4.71. The molecule has 4 nitrogen and oxygen atoms in total. The van der Waals surface area contributed by atoms with Crippen LogP contribution in [-0.4, -0.2) is 49.7 Å². The minimum atomic E-state index is 0.666. The van der Waals surface area contributed by atoms with Gasteiger partial charge in [-0.15, -0.1) is 0 Å². The van der Waals surface area contributed by atoms with Gasteiger partial charge < -0.3 is 15.1 Å². The second kappa shape index (κ2) is 7.76. The fourth-order valence-corrected chi connectivity index (χ4v) is 3.05. The van der Waals surface area contributed by atoms with Gasteiger partial charge in [0.15, 0.2) is 0 Å². The number of likely N-dealkylation sites (tertiary alicyclic amines) is 1. The smallest absolute Gasteiger partial charge is 0.128 e. The average Bonchev–Trinajstić information content (AvgIpc) is 2.84. The van der Waals surface area contributed by atoms with E-state index in [0.717, 1.165) is 31.1 Å². The van der Waals surface area contributed by atoms with Crippen molar-refractivity contribution in [1.82, 2.24) is 15.2 Å². The number of aryl methyl sites for hydroxylation is 1. The molecule has 0 aliphatic carbocycles. The lowest BCUT2D eigenvalue weighted by atomic mass is 10.2. The van der Waals surface area contributed by atoms with E-state index in [2.05, 4.69) is 55.2 Å². The zero-order valence-corrected chi connectivity index (χ0v) is 14.0. The zero-order chi connectivity index (χ0) is 15.2. The number of anilines is 1. The Morgan fingerprint density at radius 2 is 2.24 bits per heavy atom. The standard InChI is InChI=1S/C17H30N4/c1-5-8-18-12-15-10-14(2)19-17(11-15)21(4)13-16-7-6-9-20(16)3/h10-11,16,18H,5-9,12-13H2,1-4H3. The largest absolute Gasteiger partial charge is 0.358 e. The van der Waals surface area contributed by atoms with Crippen LogP contribution < -0.4 is 10.2 Å². The van der Waals surface area contributed by atoms with Crippen LogP contribution in [0.3, 0.4) is 0 Å². The molecular formula is C17H30N4. The maximum absolute atomic E-state index is 4.71. The molecule has 0 saturated carbocycles. The van der Waals surface area contributed by atoms with Gasteiger partial charge in [-0.1, -0.05) is 6.92 Å². The predicted octanol–water partition coefficient (Wildman–Crippen LogP) is 2.42. The summed E-state index contributed by atoms with van der Waals surface area (Å²) in [5.74, 6) is 1.10. The van der Waals surface area contributed by atoms with Gasteiger partial charge in [-0.25, -0.2) is 4.98 Å². The molecule has 1 aliphatic heterocycles. The van der Waals surface area contributed by atoms with Gasteiger partial charge in [-0.2, -0.15) is 0 Å². The van der Waals surface area contributed by atoms with Crippen LogP contribution in [0, 0.1) is 6.92 Å². The van der Waals surface area contributed by atoms with Gasteiger partial charge in [0.05, 0.1) is 0 Å². The van der Waals surface area contributed by atoms with E-state index < -0.39 is 0 Å². The van der Waals surface area contributed by atoms with Crippen molar-refractivity contribution < 1.29 is 0 Å². The summed E-state index contributed by atoms with van der Waals surface area (Å²) in [5, 5.41) is 3.47. The van der Waals surface area contributed by atoms with E-state index in [9.17, 15) is 0 Å². The molecule has 1 aromatic heterocycles. The number of aromatic nitrogens is 1. The first kappa shape index (κ1) is 16.2. The lowest BCUT2D eigenvalue weighted by molar-refractivity contribution is 0.314. The summed E-state index contributed by atoms with van der Waals surface area (Å²) in [4.78, 5) is 9.49. The number of likely N-dealkylation sites (N-methyl/N-ethyl adjacent to an activating group) is 2. The minimum absolute atomic E-state index is 0.666. The lowest BCUT2D eigenvalue weighted by Crippen LogP contribution is -2.37. The predicted molar refractivity (Wildman–Crippen MR) is 89.9 cm³/mol. The van der Waals surface area contributed by atoms with Crippen molar-refractivity contribution in [1.29, 1.82) is 0 Å². The van der Waals surface area contributed by atoms with E-state index >= 15 is 0 Å². The van der Waals surface area contributed by atoms with Gasteiger partial charge in [0, 0.05) is 31.9 Å². The molecule has 0 aromatic carbocycles. The summed E-state index contributed by atoms with van der Waals surface area (Å²) in [5.41, 5.74) is 2.44. The molecule has 118 valence electrons. The lowest BCUT2D eigenvalue weighted by Gasteiger charge is -2.27. The Labute approximate surface area is 129 Å². The Kier molecular flexibility index (Phi) is 6.00. The summed E-state index contributed by atoms with van der Waals surface area (Å²) in [6.45, 7) is 8.58. The third-order valence-electron chi connectivity index (χ3n) is 4.30. The topological polar surface area (TPSA) is 31.4 Å². The Morgan fingerprint density at radius 3 is 2.90 bits per heavy atom. The molecule has 1 aromatic rings. The summed E-state index contributed by atoms with van der Waals surface area (Å²) in [7, 11) is 4.40. The van der Waals surface area contributed by atoms with E-state index in [4.69, 9.17) is 4.98 Å². The third kappa shape index (κ3) is 4.68. The van der Waals surface area contributed by atoms with E-state index in [-0.39, 0.29) is 0 Å². The average molecular weight is 290 g/mol. The van der Waals surface area contributed by atoms with Crippen LogP contribution in [0.5, 0.6) is 0 Å². The van der Waals surface area contributed by atoms with E-state index in [1.54, 1.807) is 0 Å². The quantitative estimate of drug-likeness (QED) is 0.782. The zero-order valence-electron chi connectivity index (χ0n) is 14.0. The first-order valence-electron chi connectivity index (χ1n) is 8.19.